The quantitative estimate of drug-likeness (QED) is 0.386. The normalized spacial score (nSPS) is 12.4. The van der Waals surface area contributed by atoms with Crippen LogP contribution in [0.4, 0.5) is 10.5 Å². The first-order valence-corrected chi connectivity index (χ1v) is 12.6. The van der Waals surface area contributed by atoms with Gasteiger partial charge in [0.1, 0.15) is 18.2 Å². The van der Waals surface area contributed by atoms with Gasteiger partial charge in [-0.1, -0.05) is 61.2 Å². The van der Waals surface area contributed by atoms with Crippen LogP contribution in [0.15, 0.2) is 73.3 Å². The minimum absolute atomic E-state index is 0.326. The van der Waals surface area contributed by atoms with Crippen molar-refractivity contribution >= 4 is 40.4 Å². The van der Waals surface area contributed by atoms with Crippen LogP contribution in [0.3, 0.4) is 0 Å². The molecule has 7 heteroatoms. The Bertz CT molecular complexity index is 1330. The fraction of sp³-hybridized carbons (Fsp3) is 0.323. The van der Waals surface area contributed by atoms with Gasteiger partial charge in [-0.25, -0.2) is 4.79 Å². The molecule has 0 radical (unpaired) electrons. The first kappa shape index (κ1) is 28.4. The van der Waals surface area contributed by atoms with Crippen molar-refractivity contribution in [2.24, 2.45) is 0 Å². The van der Waals surface area contributed by atoms with E-state index in [-0.39, 0.29) is 12.5 Å². The lowest BCUT2D eigenvalue weighted by molar-refractivity contribution is -0.144. The number of anilines is 1. The highest BCUT2D eigenvalue weighted by atomic mass is 16.6. The lowest BCUT2D eigenvalue weighted by Gasteiger charge is -2.41. The number of alkyl carbamates (subject to hydrolysis) is 1. The largest absolute Gasteiger partial charge is 0.444 e. The molecule has 0 fully saturated rings. The zero-order valence-electron chi connectivity index (χ0n) is 23.0. The van der Waals surface area contributed by atoms with Crippen LogP contribution in [-0.4, -0.2) is 40.5 Å². The van der Waals surface area contributed by atoms with Crippen LogP contribution in [-0.2, 0) is 14.3 Å². The lowest BCUT2D eigenvalue weighted by Crippen LogP contribution is -2.54. The monoisotopic (exact) mass is 515 g/mol. The van der Waals surface area contributed by atoms with Crippen LogP contribution < -0.4 is 10.6 Å². The number of rotatable bonds is 7. The Kier molecular flexibility index (Phi) is 8.61. The summed E-state index contributed by atoms with van der Waals surface area (Å²) in [5.74, 6) is -0.798. The average Bonchev–Trinajstić information content (AvgIpc) is 2.83. The molecule has 7 nitrogen and oxygen atoms in total. The molecule has 3 aromatic rings. The van der Waals surface area contributed by atoms with E-state index in [9.17, 15) is 14.4 Å². The van der Waals surface area contributed by atoms with E-state index in [4.69, 9.17) is 4.74 Å². The number of benzene rings is 3. The summed E-state index contributed by atoms with van der Waals surface area (Å²) in [4.78, 5) is 41.3. The van der Waals surface area contributed by atoms with Crippen molar-refractivity contribution in [3.63, 3.8) is 0 Å². The van der Waals surface area contributed by atoms with Gasteiger partial charge in [-0.3, -0.25) is 9.59 Å². The van der Waals surface area contributed by atoms with Crippen molar-refractivity contribution < 1.29 is 19.1 Å². The van der Waals surface area contributed by atoms with Gasteiger partial charge in [0, 0.05) is 11.2 Å². The summed E-state index contributed by atoms with van der Waals surface area (Å²) in [6.07, 6.45) is 0.986. The molecular formula is C31H37N3O4. The maximum atomic E-state index is 13.9. The van der Waals surface area contributed by atoms with Crippen LogP contribution in [0.2, 0.25) is 0 Å². The maximum Gasteiger partial charge on any atom is 0.408 e. The summed E-state index contributed by atoms with van der Waals surface area (Å²) >= 11 is 0. The predicted molar refractivity (Wildman–Crippen MR) is 153 cm³/mol. The zero-order valence-corrected chi connectivity index (χ0v) is 23.0. The maximum absolute atomic E-state index is 13.9. The Morgan fingerprint density at radius 2 is 1.61 bits per heavy atom. The number of nitrogens with zero attached hydrogens (tertiary/aromatic N) is 1. The number of amides is 3. The standard InChI is InChI=1S/C31H37N3O4/c1-8-21-12-11-15-24(18-21)27(28(36)33-25-17-16-22-13-9-10-14-23(22)19-25)34(30(2,3)4)26(35)20-32-29(37)38-31(5,6)7/h8-19,27H,1,20H2,2-7H3,(H,32,37)(H,33,36). The Balaban J connectivity index is 1.98. The third-order valence-corrected chi connectivity index (χ3v) is 5.76. The molecule has 0 aliphatic carbocycles. The third kappa shape index (κ3) is 7.44. The highest BCUT2D eigenvalue weighted by molar-refractivity contribution is 6.00. The van der Waals surface area contributed by atoms with Crippen molar-refractivity contribution in [2.75, 3.05) is 11.9 Å². The summed E-state index contributed by atoms with van der Waals surface area (Å²) in [6.45, 7) is 14.3. The molecule has 0 aromatic heterocycles. The van der Waals surface area contributed by atoms with Crippen LogP contribution in [0.25, 0.3) is 16.8 Å². The van der Waals surface area contributed by atoms with Gasteiger partial charge in [-0.05, 0) is 81.6 Å². The molecule has 1 unspecified atom stereocenters. The Morgan fingerprint density at radius 3 is 2.24 bits per heavy atom. The molecule has 38 heavy (non-hydrogen) atoms. The van der Waals surface area contributed by atoms with Crippen molar-refractivity contribution in [2.45, 2.75) is 58.7 Å². The molecule has 0 saturated carbocycles. The number of carbonyl (C=O) groups excluding carboxylic acids is 3. The van der Waals surface area contributed by atoms with E-state index in [0.29, 0.717) is 11.3 Å². The molecule has 3 amide bonds. The molecule has 200 valence electrons. The molecule has 0 aliphatic heterocycles. The van der Waals surface area contributed by atoms with E-state index in [1.165, 1.54) is 4.90 Å². The second kappa shape index (κ2) is 11.5. The number of nitrogens with one attached hydrogen (secondary N) is 2. The average molecular weight is 516 g/mol. The molecule has 0 bridgehead atoms. The molecule has 1 atom stereocenters. The van der Waals surface area contributed by atoms with Crippen LogP contribution in [0.5, 0.6) is 0 Å². The van der Waals surface area contributed by atoms with E-state index in [1.807, 2.05) is 87.5 Å². The Labute approximate surface area is 224 Å². The minimum atomic E-state index is -0.977. The van der Waals surface area contributed by atoms with Crippen LogP contribution in [0, 0.1) is 0 Å². The van der Waals surface area contributed by atoms with Crippen LogP contribution in [0.1, 0.15) is 58.7 Å². The van der Waals surface area contributed by atoms with Crippen molar-refractivity contribution in [3.8, 4) is 0 Å². The van der Waals surface area contributed by atoms with Crippen molar-refractivity contribution in [1.82, 2.24) is 10.2 Å². The van der Waals surface area contributed by atoms with Gasteiger partial charge in [0.05, 0.1) is 0 Å². The predicted octanol–water partition coefficient (Wildman–Crippen LogP) is 6.31. The number of hydrogen-bond donors (Lipinski definition) is 2. The van der Waals surface area contributed by atoms with E-state index >= 15 is 0 Å². The fourth-order valence-corrected chi connectivity index (χ4v) is 4.20. The first-order valence-electron chi connectivity index (χ1n) is 12.6. The van der Waals surface area contributed by atoms with Gasteiger partial charge >= 0.3 is 6.09 Å². The number of carbonyl (C=O) groups is 3. The summed E-state index contributed by atoms with van der Waals surface area (Å²) in [7, 11) is 0. The second-order valence-corrected chi connectivity index (χ2v) is 11.1. The summed E-state index contributed by atoms with van der Waals surface area (Å²) < 4.78 is 5.28. The molecule has 0 heterocycles. The minimum Gasteiger partial charge on any atom is -0.444 e. The summed E-state index contributed by atoms with van der Waals surface area (Å²) in [6, 6.07) is 19.9. The number of ether oxygens (including phenoxy) is 1. The number of fused-ring (bicyclic) bond motifs is 1. The highest BCUT2D eigenvalue weighted by Gasteiger charge is 2.38. The van der Waals surface area contributed by atoms with Crippen molar-refractivity contribution in [3.05, 3.63) is 84.4 Å². The Morgan fingerprint density at radius 1 is 0.921 bits per heavy atom. The van der Waals surface area contributed by atoms with Gasteiger partial charge in [0.25, 0.3) is 5.91 Å². The Hall–Kier alpha value is -4.13. The lowest BCUT2D eigenvalue weighted by atomic mass is 9.95. The molecule has 3 aromatic carbocycles. The molecule has 0 spiro atoms. The summed E-state index contributed by atoms with van der Waals surface area (Å²) in [5.41, 5.74) is 0.596. The fourth-order valence-electron chi connectivity index (χ4n) is 4.20. The molecule has 3 rings (SSSR count). The second-order valence-electron chi connectivity index (χ2n) is 11.1. The van der Waals surface area contributed by atoms with Gasteiger partial charge in [0.2, 0.25) is 5.91 Å². The SMILES string of the molecule is C=Cc1cccc(C(C(=O)Nc2ccc3ccccc3c2)N(C(=O)CNC(=O)OC(C)(C)C)C(C)(C)C)c1. The van der Waals surface area contributed by atoms with E-state index in [2.05, 4.69) is 17.2 Å². The topological polar surface area (TPSA) is 87.7 Å². The molecule has 0 saturated heterocycles. The molecule has 2 N–H and O–H groups in total. The third-order valence-electron chi connectivity index (χ3n) is 5.76. The summed E-state index contributed by atoms with van der Waals surface area (Å²) in [5, 5.41) is 7.57. The molecule has 0 aliphatic rings. The van der Waals surface area contributed by atoms with Gasteiger partial charge in [0.15, 0.2) is 0 Å². The van der Waals surface area contributed by atoms with E-state index in [1.54, 1.807) is 26.8 Å². The van der Waals surface area contributed by atoms with Gasteiger partial charge < -0.3 is 20.3 Å². The van der Waals surface area contributed by atoms with Crippen LogP contribution >= 0.6 is 0 Å². The zero-order chi connectivity index (χ0) is 28.1. The smallest absolute Gasteiger partial charge is 0.408 e. The van der Waals surface area contributed by atoms with Gasteiger partial charge in [-0.15, -0.1) is 0 Å². The van der Waals surface area contributed by atoms with Crippen molar-refractivity contribution in [1.29, 1.82) is 0 Å². The number of hydrogen-bond acceptors (Lipinski definition) is 4. The van der Waals surface area contributed by atoms with E-state index < -0.39 is 29.2 Å². The molecular weight excluding hydrogens is 478 g/mol. The van der Waals surface area contributed by atoms with E-state index in [0.717, 1.165) is 16.3 Å². The highest BCUT2D eigenvalue weighted by Crippen LogP contribution is 2.31. The first-order chi connectivity index (χ1) is 17.8. The van der Waals surface area contributed by atoms with Gasteiger partial charge in [-0.2, -0.15) is 0 Å².